The van der Waals surface area contributed by atoms with Gasteiger partial charge in [0.1, 0.15) is 0 Å². The number of hydrogen-bond acceptors (Lipinski definition) is 3. The Hall–Kier alpha value is -0.120. The van der Waals surface area contributed by atoms with Crippen LogP contribution in [0.15, 0.2) is 0 Å². The molecule has 0 amide bonds. The molecular weight excluding hydrogens is 224 g/mol. The van der Waals surface area contributed by atoms with Crippen molar-refractivity contribution in [2.75, 3.05) is 13.6 Å². The van der Waals surface area contributed by atoms with Crippen LogP contribution in [0.2, 0.25) is 0 Å². The molecule has 2 N–H and O–H groups in total. The van der Waals surface area contributed by atoms with E-state index >= 15 is 0 Å². The summed E-state index contributed by atoms with van der Waals surface area (Å²) in [5, 5.41) is 13.9. The first-order valence-electron chi connectivity index (χ1n) is 7.58. The van der Waals surface area contributed by atoms with E-state index < -0.39 is 5.60 Å². The van der Waals surface area contributed by atoms with Crippen molar-refractivity contribution in [3.05, 3.63) is 0 Å². The van der Waals surface area contributed by atoms with E-state index in [1.165, 1.54) is 32.1 Å². The van der Waals surface area contributed by atoms with Crippen LogP contribution in [0.25, 0.3) is 0 Å². The second-order valence-corrected chi connectivity index (χ2v) is 6.97. The number of nitrogens with one attached hydrogen (secondary N) is 1. The first kappa shape index (κ1) is 14.3. The SMILES string of the molecule is CC(C)C(C)(O)CNC1CC2CCCC(C1)N2C. The smallest absolute Gasteiger partial charge is 0.0766 e. The highest BCUT2D eigenvalue weighted by Gasteiger charge is 2.36. The van der Waals surface area contributed by atoms with E-state index in [1.807, 2.05) is 6.92 Å². The highest BCUT2D eigenvalue weighted by atomic mass is 16.3. The summed E-state index contributed by atoms with van der Waals surface area (Å²) in [5.74, 6) is 0.302. The molecule has 0 radical (unpaired) electrons. The highest BCUT2D eigenvalue weighted by molar-refractivity contribution is 4.94. The molecule has 0 aromatic rings. The van der Waals surface area contributed by atoms with Crippen molar-refractivity contribution in [3.8, 4) is 0 Å². The number of nitrogens with zero attached hydrogens (tertiary/aromatic N) is 1. The number of rotatable bonds is 4. The molecule has 18 heavy (non-hydrogen) atoms. The molecule has 2 bridgehead atoms. The molecular formula is C15H30N2O. The molecule has 106 valence electrons. The van der Waals surface area contributed by atoms with E-state index in [4.69, 9.17) is 0 Å². The summed E-state index contributed by atoms with van der Waals surface area (Å²) < 4.78 is 0. The van der Waals surface area contributed by atoms with Gasteiger partial charge in [-0.05, 0) is 45.6 Å². The van der Waals surface area contributed by atoms with Gasteiger partial charge < -0.3 is 15.3 Å². The fourth-order valence-electron chi connectivity index (χ4n) is 3.34. The molecule has 0 aromatic heterocycles. The van der Waals surface area contributed by atoms with E-state index in [2.05, 4.69) is 31.1 Å². The molecule has 2 rings (SSSR count). The van der Waals surface area contributed by atoms with Gasteiger partial charge in [0.2, 0.25) is 0 Å². The molecule has 3 atom stereocenters. The maximum atomic E-state index is 10.3. The highest BCUT2D eigenvalue weighted by Crippen LogP contribution is 2.32. The van der Waals surface area contributed by atoms with Gasteiger partial charge >= 0.3 is 0 Å². The van der Waals surface area contributed by atoms with Gasteiger partial charge in [-0.2, -0.15) is 0 Å². The number of fused-ring (bicyclic) bond motifs is 2. The lowest BCUT2D eigenvalue weighted by atomic mass is 9.82. The normalized spacial score (nSPS) is 36.7. The molecule has 3 heteroatoms. The molecule has 2 fully saturated rings. The molecule has 2 heterocycles. The van der Waals surface area contributed by atoms with Gasteiger partial charge in [-0.25, -0.2) is 0 Å². The average Bonchev–Trinajstić information content (AvgIpc) is 2.26. The van der Waals surface area contributed by atoms with Gasteiger partial charge in [-0.15, -0.1) is 0 Å². The average molecular weight is 254 g/mol. The van der Waals surface area contributed by atoms with Crippen LogP contribution in [0.5, 0.6) is 0 Å². The Balaban J connectivity index is 1.85. The summed E-state index contributed by atoms with van der Waals surface area (Å²) in [6, 6.07) is 2.12. The maximum absolute atomic E-state index is 10.3. The molecule has 0 aromatic carbocycles. The zero-order chi connectivity index (χ0) is 13.3. The number of piperidine rings is 2. The summed E-state index contributed by atoms with van der Waals surface area (Å²) in [5.41, 5.74) is -0.585. The zero-order valence-electron chi connectivity index (χ0n) is 12.4. The van der Waals surface area contributed by atoms with Crippen molar-refractivity contribution in [2.24, 2.45) is 5.92 Å². The Morgan fingerprint density at radius 1 is 1.28 bits per heavy atom. The van der Waals surface area contributed by atoms with Crippen molar-refractivity contribution in [2.45, 2.75) is 76.6 Å². The third kappa shape index (κ3) is 3.06. The Labute approximate surface area is 112 Å². The van der Waals surface area contributed by atoms with Crippen molar-refractivity contribution in [1.29, 1.82) is 0 Å². The largest absolute Gasteiger partial charge is 0.389 e. The first-order chi connectivity index (χ1) is 8.40. The molecule has 3 unspecified atom stereocenters. The van der Waals surface area contributed by atoms with Crippen LogP contribution in [0.4, 0.5) is 0 Å². The van der Waals surface area contributed by atoms with E-state index in [1.54, 1.807) is 0 Å². The molecule has 0 saturated carbocycles. The molecule has 2 aliphatic heterocycles. The number of hydrogen-bond donors (Lipinski definition) is 2. The minimum absolute atomic E-state index is 0.302. The lowest BCUT2D eigenvalue weighted by Crippen LogP contribution is -2.56. The van der Waals surface area contributed by atoms with Crippen molar-refractivity contribution in [1.82, 2.24) is 10.2 Å². The minimum atomic E-state index is -0.585. The Bertz CT molecular complexity index is 264. The second kappa shape index (κ2) is 5.48. The topological polar surface area (TPSA) is 35.5 Å². The van der Waals surface area contributed by atoms with Crippen LogP contribution in [0.1, 0.15) is 52.9 Å². The lowest BCUT2D eigenvalue weighted by Gasteiger charge is -2.47. The van der Waals surface area contributed by atoms with Crippen molar-refractivity contribution in [3.63, 3.8) is 0 Å². The third-order valence-electron chi connectivity index (χ3n) is 5.33. The Kier molecular flexibility index (Phi) is 4.35. The maximum Gasteiger partial charge on any atom is 0.0766 e. The fourth-order valence-corrected chi connectivity index (χ4v) is 3.34. The summed E-state index contributed by atoms with van der Waals surface area (Å²) >= 11 is 0. The second-order valence-electron chi connectivity index (χ2n) is 6.97. The first-order valence-corrected chi connectivity index (χ1v) is 7.58. The minimum Gasteiger partial charge on any atom is -0.389 e. The van der Waals surface area contributed by atoms with Gasteiger partial charge in [0.05, 0.1) is 5.60 Å². The van der Waals surface area contributed by atoms with Gasteiger partial charge in [0.25, 0.3) is 0 Å². The van der Waals surface area contributed by atoms with Crippen LogP contribution in [-0.2, 0) is 0 Å². The molecule has 2 aliphatic rings. The monoisotopic (exact) mass is 254 g/mol. The van der Waals surface area contributed by atoms with Crippen LogP contribution in [-0.4, -0.2) is 47.3 Å². The van der Waals surface area contributed by atoms with Crippen LogP contribution >= 0.6 is 0 Å². The Morgan fingerprint density at radius 3 is 2.33 bits per heavy atom. The summed E-state index contributed by atoms with van der Waals surface area (Å²) in [4.78, 5) is 2.59. The summed E-state index contributed by atoms with van der Waals surface area (Å²) in [6.07, 6.45) is 6.61. The van der Waals surface area contributed by atoms with Crippen LogP contribution < -0.4 is 5.32 Å². The molecule has 2 saturated heterocycles. The third-order valence-corrected chi connectivity index (χ3v) is 5.33. The molecule has 3 nitrogen and oxygen atoms in total. The zero-order valence-corrected chi connectivity index (χ0v) is 12.4. The van der Waals surface area contributed by atoms with Crippen molar-refractivity contribution >= 4 is 0 Å². The van der Waals surface area contributed by atoms with E-state index in [9.17, 15) is 5.11 Å². The van der Waals surface area contributed by atoms with E-state index in [0.717, 1.165) is 18.6 Å². The van der Waals surface area contributed by atoms with Gasteiger partial charge in [0.15, 0.2) is 0 Å². The van der Waals surface area contributed by atoms with Crippen LogP contribution in [0.3, 0.4) is 0 Å². The quantitative estimate of drug-likeness (QED) is 0.805. The van der Waals surface area contributed by atoms with Gasteiger partial charge in [-0.3, -0.25) is 0 Å². The predicted molar refractivity (Wildman–Crippen MR) is 75.7 cm³/mol. The predicted octanol–water partition coefficient (Wildman–Crippen LogP) is 2.00. The molecule has 0 aliphatic carbocycles. The standard InChI is InChI=1S/C15H30N2O/c1-11(2)15(3,18)10-16-12-8-13-6-5-7-14(9-12)17(13)4/h11-14,16,18H,5-10H2,1-4H3. The molecule has 0 spiro atoms. The lowest BCUT2D eigenvalue weighted by molar-refractivity contribution is 0.000554. The van der Waals surface area contributed by atoms with Crippen molar-refractivity contribution < 1.29 is 5.11 Å². The van der Waals surface area contributed by atoms with E-state index in [-0.39, 0.29) is 0 Å². The fraction of sp³-hybridized carbons (Fsp3) is 1.00. The van der Waals surface area contributed by atoms with E-state index in [0.29, 0.717) is 12.0 Å². The summed E-state index contributed by atoms with van der Waals surface area (Å²) in [6.45, 7) is 6.84. The number of aliphatic hydroxyl groups is 1. The van der Waals surface area contributed by atoms with Gasteiger partial charge in [-0.1, -0.05) is 20.3 Å². The summed E-state index contributed by atoms with van der Waals surface area (Å²) in [7, 11) is 2.29. The van der Waals surface area contributed by atoms with Gasteiger partial charge in [0, 0.05) is 24.7 Å². The van der Waals surface area contributed by atoms with Crippen LogP contribution in [0, 0.1) is 5.92 Å². The Morgan fingerprint density at radius 2 is 1.83 bits per heavy atom.